The average molecular weight is 340 g/mol. The van der Waals surface area contributed by atoms with Crippen LogP contribution in [-0.4, -0.2) is 25.6 Å². The van der Waals surface area contributed by atoms with Gasteiger partial charge in [0.25, 0.3) is 11.6 Å². The molecule has 0 saturated heterocycles. The molecule has 0 bridgehead atoms. The third-order valence-electron chi connectivity index (χ3n) is 3.27. The van der Waals surface area contributed by atoms with Gasteiger partial charge in [-0.3, -0.25) is 14.9 Å². The summed E-state index contributed by atoms with van der Waals surface area (Å²) in [7, 11) is 0. The van der Waals surface area contributed by atoms with Crippen molar-refractivity contribution >= 4 is 23.4 Å². The Bertz CT molecular complexity index is 863. The van der Waals surface area contributed by atoms with E-state index in [0.717, 1.165) is 5.56 Å². The molecule has 0 saturated carbocycles. The van der Waals surface area contributed by atoms with Crippen molar-refractivity contribution in [3.05, 3.63) is 82.2 Å². The summed E-state index contributed by atoms with van der Waals surface area (Å²) >= 11 is 1.34. The number of aromatic nitrogens is 3. The molecule has 8 heteroatoms. The van der Waals surface area contributed by atoms with Gasteiger partial charge in [0.15, 0.2) is 5.16 Å². The molecule has 0 atom stereocenters. The molecule has 0 N–H and O–H groups in total. The highest BCUT2D eigenvalue weighted by Gasteiger charge is 2.14. The third-order valence-corrected chi connectivity index (χ3v) is 4.29. The summed E-state index contributed by atoms with van der Waals surface area (Å²) in [5, 5.41) is 18.9. The smallest absolute Gasteiger partial charge is 0.268 e. The van der Waals surface area contributed by atoms with Crippen LogP contribution in [0, 0.1) is 10.1 Å². The molecule has 0 radical (unpaired) electrons. The van der Waals surface area contributed by atoms with Crippen LogP contribution in [0.15, 0.2) is 66.1 Å². The third kappa shape index (κ3) is 3.49. The Morgan fingerprint density at radius 1 is 1.12 bits per heavy atom. The van der Waals surface area contributed by atoms with Crippen molar-refractivity contribution in [1.82, 2.24) is 14.8 Å². The number of carbonyl (C=O) groups is 1. The topological polar surface area (TPSA) is 90.9 Å². The molecule has 120 valence electrons. The number of thioether (sulfide) groups is 1. The number of benzene rings is 2. The molecule has 2 aromatic carbocycles. The van der Waals surface area contributed by atoms with Crippen molar-refractivity contribution in [2.45, 2.75) is 10.9 Å². The van der Waals surface area contributed by atoms with Crippen LogP contribution >= 0.6 is 11.8 Å². The SMILES string of the molecule is O=C(c1ccccc1)n1cnnc1SCc1ccc([N+](=O)[O-])cc1. The van der Waals surface area contributed by atoms with Gasteiger partial charge in [0, 0.05) is 23.4 Å². The monoisotopic (exact) mass is 340 g/mol. The normalized spacial score (nSPS) is 10.5. The average Bonchev–Trinajstić information content (AvgIpc) is 3.09. The number of non-ortho nitro benzene ring substituents is 1. The number of rotatable bonds is 5. The van der Waals surface area contributed by atoms with E-state index in [1.54, 1.807) is 36.4 Å². The largest absolute Gasteiger partial charge is 0.269 e. The van der Waals surface area contributed by atoms with Crippen molar-refractivity contribution in [3.8, 4) is 0 Å². The Kier molecular flexibility index (Phi) is 4.66. The second kappa shape index (κ2) is 7.05. The van der Waals surface area contributed by atoms with Crippen molar-refractivity contribution in [3.63, 3.8) is 0 Å². The molecule has 0 aliphatic rings. The number of nitro benzene ring substituents is 1. The molecular weight excluding hydrogens is 328 g/mol. The highest BCUT2D eigenvalue weighted by atomic mass is 32.2. The summed E-state index contributed by atoms with van der Waals surface area (Å²) < 4.78 is 1.39. The van der Waals surface area contributed by atoms with E-state index in [1.165, 1.54) is 34.8 Å². The molecule has 0 amide bonds. The van der Waals surface area contributed by atoms with Crippen LogP contribution in [0.5, 0.6) is 0 Å². The summed E-state index contributed by atoms with van der Waals surface area (Å²) in [5.41, 5.74) is 1.49. The zero-order valence-corrected chi connectivity index (χ0v) is 13.2. The molecule has 7 nitrogen and oxygen atoms in total. The van der Waals surface area contributed by atoms with Crippen LogP contribution in [0.2, 0.25) is 0 Å². The van der Waals surface area contributed by atoms with Crippen LogP contribution in [0.1, 0.15) is 15.9 Å². The Morgan fingerprint density at radius 3 is 2.50 bits per heavy atom. The van der Waals surface area contributed by atoms with Gasteiger partial charge < -0.3 is 0 Å². The van der Waals surface area contributed by atoms with Crippen LogP contribution in [-0.2, 0) is 5.75 Å². The van der Waals surface area contributed by atoms with Crippen molar-refractivity contribution in [1.29, 1.82) is 0 Å². The van der Waals surface area contributed by atoms with Gasteiger partial charge in [-0.15, -0.1) is 10.2 Å². The number of nitrogens with zero attached hydrogens (tertiary/aromatic N) is 4. The molecule has 0 fully saturated rings. The Labute approximate surface area is 141 Å². The van der Waals surface area contributed by atoms with Gasteiger partial charge in [0.2, 0.25) is 0 Å². The molecule has 0 unspecified atom stereocenters. The maximum Gasteiger partial charge on any atom is 0.269 e. The molecule has 0 aliphatic heterocycles. The predicted octanol–water partition coefficient (Wildman–Crippen LogP) is 3.17. The molecule has 1 aromatic heterocycles. The molecule has 3 aromatic rings. The second-order valence-corrected chi connectivity index (χ2v) is 5.81. The molecule has 24 heavy (non-hydrogen) atoms. The minimum absolute atomic E-state index is 0.0474. The van der Waals surface area contributed by atoms with Gasteiger partial charge in [-0.05, 0) is 17.7 Å². The number of hydrogen-bond donors (Lipinski definition) is 0. The molecule has 1 heterocycles. The van der Waals surface area contributed by atoms with Crippen LogP contribution in [0.3, 0.4) is 0 Å². The van der Waals surface area contributed by atoms with Gasteiger partial charge in [-0.1, -0.05) is 42.1 Å². The zero-order chi connectivity index (χ0) is 16.9. The van der Waals surface area contributed by atoms with Crippen molar-refractivity contribution < 1.29 is 9.72 Å². The van der Waals surface area contributed by atoms with Gasteiger partial charge in [0.05, 0.1) is 4.92 Å². The van der Waals surface area contributed by atoms with Gasteiger partial charge >= 0.3 is 0 Å². The highest BCUT2D eigenvalue weighted by Crippen LogP contribution is 2.22. The lowest BCUT2D eigenvalue weighted by Gasteiger charge is -2.05. The minimum atomic E-state index is -0.438. The standard InChI is InChI=1S/C16H12N4O3S/c21-15(13-4-2-1-3-5-13)19-11-17-18-16(19)24-10-12-6-8-14(9-7-12)20(22)23/h1-9,11H,10H2. The molecule has 0 aliphatic carbocycles. The van der Waals surface area contributed by atoms with Crippen LogP contribution in [0.25, 0.3) is 0 Å². The highest BCUT2D eigenvalue weighted by molar-refractivity contribution is 7.98. The van der Waals surface area contributed by atoms with Crippen molar-refractivity contribution in [2.24, 2.45) is 0 Å². The maximum atomic E-state index is 12.5. The number of carbonyl (C=O) groups excluding carboxylic acids is 1. The first kappa shape index (κ1) is 15.9. The van der Waals surface area contributed by atoms with Gasteiger partial charge in [-0.25, -0.2) is 4.57 Å². The number of nitro groups is 1. The second-order valence-electron chi connectivity index (χ2n) is 4.87. The predicted molar refractivity (Wildman–Crippen MR) is 88.8 cm³/mol. The summed E-state index contributed by atoms with van der Waals surface area (Å²) in [5.74, 6) is 0.325. The fraction of sp³-hybridized carbons (Fsp3) is 0.0625. The fourth-order valence-electron chi connectivity index (χ4n) is 2.04. The summed E-state index contributed by atoms with van der Waals surface area (Å²) in [6.45, 7) is 0. The lowest BCUT2D eigenvalue weighted by molar-refractivity contribution is -0.384. The van der Waals surface area contributed by atoms with Gasteiger partial charge in [0.1, 0.15) is 6.33 Å². The minimum Gasteiger partial charge on any atom is -0.268 e. The first-order valence-electron chi connectivity index (χ1n) is 7.01. The zero-order valence-electron chi connectivity index (χ0n) is 12.4. The summed E-state index contributed by atoms with van der Waals surface area (Å²) in [6, 6.07) is 15.2. The van der Waals surface area contributed by atoms with E-state index in [0.29, 0.717) is 16.5 Å². The van der Waals surface area contributed by atoms with Crippen molar-refractivity contribution in [2.75, 3.05) is 0 Å². The summed E-state index contributed by atoms with van der Waals surface area (Å²) in [4.78, 5) is 22.7. The van der Waals surface area contributed by atoms with Crippen LogP contribution < -0.4 is 0 Å². The quantitative estimate of drug-likeness (QED) is 0.402. The fourth-order valence-corrected chi connectivity index (χ4v) is 2.91. The van der Waals surface area contributed by atoms with E-state index < -0.39 is 4.92 Å². The molecule has 0 spiro atoms. The van der Waals surface area contributed by atoms with E-state index in [9.17, 15) is 14.9 Å². The lowest BCUT2D eigenvalue weighted by Crippen LogP contribution is -2.12. The Morgan fingerprint density at radius 2 is 1.83 bits per heavy atom. The van der Waals surface area contributed by atoms with Gasteiger partial charge in [-0.2, -0.15) is 0 Å². The molecular formula is C16H12N4O3S. The van der Waals surface area contributed by atoms with Crippen LogP contribution in [0.4, 0.5) is 5.69 Å². The number of hydrogen-bond acceptors (Lipinski definition) is 6. The first-order valence-corrected chi connectivity index (χ1v) is 7.99. The first-order chi connectivity index (χ1) is 11.6. The lowest BCUT2D eigenvalue weighted by atomic mass is 10.2. The van der Waals surface area contributed by atoms with E-state index in [2.05, 4.69) is 10.2 Å². The van der Waals surface area contributed by atoms with E-state index in [4.69, 9.17) is 0 Å². The Balaban J connectivity index is 1.72. The van der Waals surface area contributed by atoms with E-state index in [1.807, 2.05) is 6.07 Å². The van der Waals surface area contributed by atoms with E-state index >= 15 is 0 Å². The maximum absolute atomic E-state index is 12.5. The van der Waals surface area contributed by atoms with E-state index in [-0.39, 0.29) is 11.6 Å². The molecule has 3 rings (SSSR count). The Hall–Kier alpha value is -3.00. The summed E-state index contributed by atoms with van der Waals surface area (Å²) in [6.07, 6.45) is 1.38.